The fourth-order valence-corrected chi connectivity index (χ4v) is 3.96. The minimum Gasteiger partial charge on any atom is -0.494 e. The van der Waals surface area contributed by atoms with Gasteiger partial charge < -0.3 is 20.3 Å². The van der Waals surface area contributed by atoms with Crippen LogP contribution in [0.4, 0.5) is 16.2 Å². The van der Waals surface area contributed by atoms with Gasteiger partial charge in [0.1, 0.15) is 5.75 Å². The average Bonchev–Trinajstić information content (AvgIpc) is 2.81. The van der Waals surface area contributed by atoms with Crippen molar-refractivity contribution in [3.8, 4) is 5.75 Å². The maximum Gasteiger partial charge on any atom is 0.319 e. The SMILES string of the molecule is CCOc1ccc(NC(=O)NCCCN(C(=O)C2CCCCC2)c2ccccc2)cc1. The highest BCUT2D eigenvalue weighted by atomic mass is 16.5. The molecule has 1 aliphatic carbocycles. The Labute approximate surface area is 185 Å². The molecule has 1 aliphatic rings. The van der Waals surface area contributed by atoms with Crippen molar-refractivity contribution >= 4 is 23.3 Å². The molecule has 0 saturated heterocycles. The molecule has 0 aromatic heterocycles. The smallest absolute Gasteiger partial charge is 0.319 e. The van der Waals surface area contributed by atoms with E-state index in [4.69, 9.17) is 4.74 Å². The molecule has 6 nitrogen and oxygen atoms in total. The summed E-state index contributed by atoms with van der Waals surface area (Å²) in [6, 6.07) is 16.8. The molecule has 2 aromatic rings. The first kappa shape index (κ1) is 22.7. The van der Waals surface area contributed by atoms with E-state index < -0.39 is 0 Å². The molecule has 0 atom stereocenters. The van der Waals surface area contributed by atoms with Gasteiger partial charge in [0.25, 0.3) is 0 Å². The normalized spacial score (nSPS) is 14.0. The number of carbonyl (C=O) groups is 2. The minimum atomic E-state index is -0.256. The van der Waals surface area contributed by atoms with E-state index in [0.29, 0.717) is 31.8 Å². The lowest BCUT2D eigenvalue weighted by molar-refractivity contribution is -0.123. The highest BCUT2D eigenvalue weighted by Gasteiger charge is 2.26. The van der Waals surface area contributed by atoms with Crippen LogP contribution >= 0.6 is 0 Å². The summed E-state index contributed by atoms with van der Waals surface area (Å²) in [5.41, 5.74) is 1.64. The van der Waals surface area contributed by atoms with E-state index in [2.05, 4.69) is 10.6 Å². The van der Waals surface area contributed by atoms with Crippen LogP contribution in [0.1, 0.15) is 45.4 Å². The molecule has 1 saturated carbocycles. The van der Waals surface area contributed by atoms with Gasteiger partial charge in [-0.1, -0.05) is 37.5 Å². The van der Waals surface area contributed by atoms with Crippen molar-refractivity contribution in [1.82, 2.24) is 5.32 Å². The first-order valence-electron chi connectivity index (χ1n) is 11.3. The van der Waals surface area contributed by atoms with Crippen LogP contribution in [-0.4, -0.2) is 31.6 Å². The summed E-state index contributed by atoms with van der Waals surface area (Å²) in [7, 11) is 0. The van der Waals surface area contributed by atoms with Crippen LogP contribution in [0.2, 0.25) is 0 Å². The average molecular weight is 424 g/mol. The van der Waals surface area contributed by atoms with Crippen LogP contribution in [0.25, 0.3) is 0 Å². The molecule has 0 radical (unpaired) electrons. The first-order chi connectivity index (χ1) is 15.2. The monoisotopic (exact) mass is 423 g/mol. The van der Waals surface area contributed by atoms with Crippen LogP contribution in [0.5, 0.6) is 5.75 Å². The molecule has 6 heteroatoms. The van der Waals surface area contributed by atoms with Crippen LogP contribution < -0.4 is 20.3 Å². The molecule has 0 heterocycles. The Morgan fingerprint density at radius 1 is 1.00 bits per heavy atom. The van der Waals surface area contributed by atoms with Crippen molar-refractivity contribution in [2.45, 2.75) is 45.4 Å². The fourth-order valence-electron chi connectivity index (χ4n) is 3.96. The van der Waals surface area contributed by atoms with E-state index in [9.17, 15) is 9.59 Å². The Morgan fingerprint density at radius 2 is 1.71 bits per heavy atom. The number of ether oxygens (including phenoxy) is 1. The van der Waals surface area contributed by atoms with Gasteiger partial charge in [0.05, 0.1) is 6.61 Å². The van der Waals surface area contributed by atoms with Crippen molar-refractivity contribution < 1.29 is 14.3 Å². The minimum absolute atomic E-state index is 0.116. The summed E-state index contributed by atoms with van der Waals surface area (Å²) in [6.07, 6.45) is 6.13. The Hall–Kier alpha value is -3.02. The lowest BCUT2D eigenvalue weighted by Gasteiger charge is -2.29. The first-order valence-corrected chi connectivity index (χ1v) is 11.3. The lowest BCUT2D eigenvalue weighted by atomic mass is 9.88. The van der Waals surface area contributed by atoms with Gasteiger partial charge >= 0.3 is 6.03 Å². The summed E-state index contributed by atoms with van der Waals surface area (Å²) in [4.78, 5) is 27.2. The van der Waals surface area contributed by atoms with Crippen molar-refractivity contribution in [1.29, 1.82) is 0 Å². The zero-order valence-corrected chi connectivity index (χ0v) is 18.3. The molecule has 0 bridgehead atoms. The van der Waals surface area contributed by atoms with Gasteiger partial charge in [-0.3, -0.25) is 4.79 Å². The number of anilines is 2. The third-order valence-corrected chi connectivity index (χ3v) is 5.56. The molecule has 1 fully saturated rings. The van der Waals surface area contributed by atoms with Gasteiger partial charge in [-0.05, 0) is 62.6 Å². The second kappa shape index (κ2) is 12.0. The number of carbonyl (C=O) groups excluding carboxylic acids is 2. The number of hydrogen-bond acceptors (Lipinski definition) is 3. The van der Waals surface area contributed by atoms with Crippen molar-refractivity contribution in [3.05, 3.63) is 54.6 Å². The second-order valence-corrected chi connectivity index (χ2v) is 7.85. The topological polar surface area (TPSA) is 70.7 Å². The van der Waals surface area contributed by atoms with Gasteiger partial charge in [0.2, 0.25) is 5.91 Å². The van der Waals surface area contributed by atoms with E-state index in [-0.39, 0.29) is 17.9 Å². The summed E-state index contributed by atoms with van der Waals surface area (Å²) < 4.78 is 5.41. The van der Waals surface area contributed by atoms with Crippen LogP contribution in [0, 0.1) is 5.92 Å². The van der Waals surface area contributed by atoms with Gasteiger partial charge in [-0.2, -0.15) is 0 Å². The Kier molecular flexibility index (Phi) is 8.76. The van der Waals surface area contributed by atoms with Crippen molar-refractivity contribution in [2.75, 3.05) is 29.9 Å². The fraction of sp³-hybridized carbons (Fsp3) is 0.440. The van der Waals surface area contributed by atoms with Crippen LogP contribution in [0.3, 0.4) is 0 Å². The molecule has 2 N–H and O–H groups in total. The molecule has 2 aromatic carbocycles. The van der Waals surface area contributed by atoms with Gasteiger partial charge in [0, 0.05) is 30.4 Å². The van der Waals surface area contributed by atoms with Gasteiger partial charge in [-0.25, -0.2) is 4.79 Å². The molecular weight excluding hydrogens is 390 g/mol. The standard InChI is InChI=1S/C25H33N3O3/c1-2-31-23-16-14-21(15-17-23)27-25(30)26-18-9-19-28(22-12-7-4-8-13-22)24(29)20-10-5-3-6-11-20/h4,7-8,12-17,20H,2-3,5-6,9-11,18-19H2,1H3,(H2,26,27,30). The maximum atomic E-state index is 13.2. The number of urea groups is 1. The summed E-state index contributed by atoms with van der Waals surface area (Å²) in [5.74, 6) is 1.10. The van der Waals surface area contributed by atoms with E-state index in [1.54, 1.807) is 0 Å². The number of nitrogens with one attached hydrogen (secondary N) is 2. The Balaban J connectivity index is 1.48. The van der Waals surface area contributed by atoms with Gasteiger partial charge in [0.15, 0.2) is 0 Å². The molecule has 0 spiro atoms. The third-order valence-electron chi connectivity index (χ3n) is 5.56. The number of rotatable bonds is 9. The lowest BCUT2D eigenvalue weighted by Crippen LogP contribution is -2.39. The quantitative estimate of drug-likeness (QED) is 0.544. The highest BCUT2D eigenvalue weighted by molar-refractivity contribution is 5.95. The number of amides is 3. The summed E-state index contributed by atoms with van der Waals surface area (Å²) in [5, 5.41) is 5.70. The van der Waals surface area contributed by atoms with E-state index in [1.807, 2.05) is 66.4 Å². The Morgan fingerprint density at radius 3 is 2.39 bits per heavy atom. The van der Waals surface area contributed by atoms with Crippen molar-refractivity contribution in [3.63, 3.8) is 0 Å². The van der Waals surface area contributed by atoms with Crippen LogP contribution in [0.15, 0.2) is 54.6 Å². The summed E-state index contributed by atoms with van der Waals surface area (Å²) in [6.45, 7) is 3.62. The molecule has 0 aliphatic heterocycles. The number of nitrogens with zero attached hydrogens (tertiary/aromatic N) is 1. The Bertz CT molecular complexity index is 818. The largest absolute Gasteiger partial charge is 0.494 e. The number of hydrogen-bond donors (Lipinski definition) is 2. The van der Waals surface area contributed by atoms with E-state index >= 15 is 0 Å². The predicted octanol–water partition coefficient (Wildman–Crippen LogP) is 5.21. The molecule has 3 rings (SSSR count). The molecule has 166 valence electrons. The maximum absolute atomic E-state index is 13.2. The number of benzene rings is 2. The zero-order valence-electron chi connectivity index (χ0n) is 18.3. The van der Waals surface area contributed by atoms with E-state index in [1.165, 1.54) is 6.42 Å². The molecule has 31 heavy (non-hydrogen) atoms. The van der Waals surface area contributed by atoms with Crippen molar-refractivity contribution in [2.24, 2.45) is 5.92 Å². The molecular formula is C25H33N3O3. The van der Waals surface area contributed by atoms with E-state index in [0.717, 1.165) is 37.1 Å². The second-order valence-electron chi connectivity index (χ2n) is 7.85. The highest BCUT2D eigenvalue weighted by Crippen LogP contribution is 2.27. The third kappa shape index (κ3) is 7.02. The predicted molar refractivity (Wildman–Crippen MR) is 125 cm³/mol. The van der Waals surface area contributed by atoms with Crippen LogP contribution in [-0.2, 0) is 4.79 Å². The molecule has 0 unspecified atom stereocenters. The van der Waals surface area contributed by atoms with Gasteiger partial charge in [-0.15, -0.1) is 0 Å². The number of para-hydroxylation sites is 1. The summed E-state index contributed by atoms with van der Waals surface area (Å²) >= 11 is 0. The molecule has 3 amide bonds. The zero-order chi connectivity index (χ0) is 21.9.